The van der Waals surface area contributed by atoms with Crippen LogP contribution in [0.3, 0.4) is 0 Å². The molecular formula is C16H24N2O2. The van der Waals surface area contributed by atoms with Crippen molar-refractivity contribution < 1.29 is 9.53 Å². The third-order valence-corrected chi connectivity index (χ3v) is 3.94. The predicted molar refractivity (Wildman–Crippen MR) is 79.5 cm³/mol. The molecule has 0 bridgehead atoms. The van der Waals surface area contributed by atoms with Gasteiger partial charge in [0.1, 0.15) is 6.04 Å². The molecule has 20 heavy (non-hydrogen) atoms. The fraction of sp³-hybridized carbons (Fsp3) is 0.562. The van der Waals surface area contributed by atoms with Gasteiger partial charge in [0.2, 0.25) is 0 Å². The number of benzene rings is 1. The van der Waals surface area contributed by atoms with Crippen molar-refractivity contribution in [2.24, 2.45) is 0 Å². The number of hydrogen-bond donors (Lipinski definition) is 1. The van der Waals surface area contributed by atoms with Crippen LogP contribution in [-0.2, 0) is 9.53 Å². The molecule has 0 radical (unpaired) electrons. The van der Waals surface area contributed by atoms with Crippen LogP contribution in [0.1, 0.15) is 31.4 Å². The monoisotopic (exact) mass is 276 g/mol. The summed E-state index contributed by atoms with van der Waals surface area (Å²) in [5.41, 5.74) is 1.30. The van der Waals surface area contributed by atoms with E-state index in [-0.39, 0.29) is 12.0 Å². The van der Waals surface area contributed by atoms with Crippen LogP contribution in [-0.4, -0.2) is 43.7 Å². The van der Waals surface area contributed by atoms with Crippen LogP contribution in [0.25, 0.3) is 0 Å². The second-order valence-electron chi connectivity index (χ2n) is 5.32. The lowest BCUT2D eigenvalue weighted by Crippen LogP contribution is -2.41. The van der Waals surface area contributed by atoms with Gasteiger partial charge in [0.05, 0.1) is 7.11 Å². The van der Waals surface area contributed by atoms with E-state index in [1.807, 2.05) is 13.0 Å². The minimum atomic E-state index is -0.270. The fourth-order valence-corrected chi connectivity index (χ4v) is 2.73. The number of methoxy groups -OCH3 is 1. The summed E-state index contributed by atoms with van der Waals surface area (Å²) in [6.07, 6.45) is 2.52. The van der Waals surface area contributed by atoms with Crippen molar-refractivity contribution in [1.82, 2.24) is 10.2 Å². The minimum absolute atomic E-state index is 0.210. The van der Waals surface area contributed by atoms with Gasteiger partial charge in [0, 0.05) is 12.6 Å². The lowest BCUT2D eigenvalue weighted by atomic mass is 10.1. The molecule has 0 aromatic heterocycles. The minimum Gasteiger partial charge on any atom is -0.468 e. The van der Waals surface area contributed by atoms with Crippen molar-refractivity contribution in [3.05, 3.63) is 35.9 Å². The second kappa shape index (κ2) is 7.41. The van der Waals surface area contributed by atoms with Gasteiger partial charge in [0.25, 0.3) is 0 Å². The van der Waals surface area contributed by atoms with Gasteiger partial charge in [-0.05, 0) is 38.4 Å². The molecule has 0 aliphatic carbocycles. The molecule has 1 aromatic carbocycles. The van der Waals surface area contributed by atoms with E-state index in [0.717, 1.165) is 19.6 Å². The van der Waals surface area contributed by atoms with Crippen LogP contribution in [0, 0.1) is 0 Å². The molecule has 0 saturated carbocycles. The van der Waals surface area contributed by atoms with Crippen molar-refractivity contribution in [1.29, 1.82) is 0 Å². The highest BCUT2D eigenvalue weighted by molar-refractivity contribution is 5.75. The Labute approximate surface area is 121 Å². The number of nitrogens with one attached hydrogen (secondary N) is 1. The molecule has 4 nitrogen and oxygen atoms in total. The maximum absolute atomic E-state index is 11.5. The molecule has 1 aromatic rings. The Morgan fingerprint density at radius 2 is 1.95 bits per heavy atom. The molecule has 1 N–H and O–H groups in total. The van der Waals surface area contributed by atoms with E-state index < -0.39 is 0 Å². The molecule has 0 spiro atoms. The van der Waals surface area contributed by atoms with Gasteiger partial charge in [-0.25, -0.2) is 0 Å². The maximum atomic E-state index is 11.5. The Bertz CT molecular complexity index is 416. The second-order valence-corrected chi connectivity index (χ2v) is 5.32. The van der Waals surface area contributed by atoms with Gasteiger partial charge < -0.3 is 10.1 Å². The van der Waals surface area contributed by atoms with Crippen molar-refractivity contribution in [3.63, 3.8) is 0 Å². The number of hydrogen-bond acceptors (Lipinski definition) is 4. The predicted octanol–water partition coefficient (Wildman–Crippen LogP) is 1.97. The molecule has 0 amide bonds. The summed E-state index contributed by atoms with van der Waals surface area (Å²) >= 11 is 0. The average molecular weight is 276 g/mol. The summed E-state index contributed by atoms with van der Waals surface area (Å²) in [6, 6.07) is 10.6. The Morgan fingerprint density at radius 3 is 2.55 bits per heavy atom. The quantitative estimate of drug-likeness (QED) is 0.807. The van der Waals surface area contributed by atoms with E-state index in [1.165, 1.54) is 25.5 Å². The summed E-state index contributed by atoms with van der Waals surface area (Å²) in [4.78, 5) is 14.0. The largest absolute Gasteiger partial charge is 0.468 e. The zero-order valence-corrected chi connectivity index (χ0v) is 12.3. The Morgan fingerprint density at radius 1 is 1.30 bits per heavy atom. The summed E-state index contributed by atoms with van der Waals surface area (Å²) in [7, 11) is 1.43. The highest BCUT2D eigenvalue weighted by Gasteiger charge is 2.24. The molecule has 2 rings (SSSR count). The molecule has 1 aliphatic rings. The van der Waals surface area contributed by atoms with Crippen LogP contribution in [0.15, 0.2) is 30.3 Å². The highest BCUT2D eigenvalue weighted by Crippen LogP contribution is 2.24. The van der Waals surface area contributed by atoms with Gasteiger partial charge >= 0.3 is 5.97 Å². The highest BCUT2D eigenvalue weighted by atomic mass is 16.5. The molecule has 1 saturated heterocycles. The van der Waals surface area contributed by atoms with Gasteiger partial charge in [-0.15, -0.1) is 0 Å². The van der Waals surface area contributed by atoms with E-state index in [4.69, 9.17) is 4.74 Å². The van der Waals surface area contributed by atoms with Crippen molar-refractivity contribution in [2.45, 2.75) is 31.8 Å². The average Bonchev–Trinajstić information content (AvgIpc) is 3.01. The van der Waals surface area contributed by atoms with E-state index in [2.05, 4.69) is 34.5 Å². The Balaban J connectivity index is 2.02. The van der Waals surface area contributed by atoms with Gasteiger partial charge in [-0.1, -0.05) is 30.3 Å². The zero-order chi connectivity index (χ0) is 14.4. The van der Waals surface area contributed by atoms with E-state index in [0.29, 0.717) is 6.04 Å². The molecule has 110 valence electrons. The lowest BCUT2D eigenvalue weighted by Gasteiger charge is -2.29. The van der Waals surface area contributed by atoms with Crippen molar-refractivity contribution >= 4 is 5.97 Å². The molecular weight excluding hydrogens is 252 g/mol. The number of rotatable bonds is 6. The first kappa shape index (κ1) is 15.0. The van der Waals surface area contributed by atoms with Crippen LogP contribution in [0.4, 0.5) is 0 Å². The van der Waals surface area contributed by atoms with Gasteiger partial charge in [-0.3, -0.25) is 9.69 Å². The first-order chi connectivity index (χ1) is 9.72. The van der Waals surface area contributed by atoms with Crippen LogP contribution in [0.5, 0.6) is 0 Å². The molecule has 2 unspecified atom stereocenters. The summed E-state index contributed by atoms with van der Waals surface area (Å²) in [5.74, 6) is -0.210. The molecule has 1 heterocycles. The van der Waals surface area contributed by atoms with Crippen LogP contribution in [0.2, 0.25) is 0 Å². The Hall–Kier alpha value is -1.39. The smallest absolute Gasteiger partial charge is 0.322 e. The molecule has 2 atom stereocenters. The number of ether oxygens (including phenoxy) is 1. The van der Waals surface area contributed by atoms with Gasteiger partial charge in [-0.2, -0.15) is 0 Å². The van der Waals surface area contributed by atoms with Crippen molar-refractivity contribution in [2.75, 3.05) is 26.7 Å². The van der Waals surface area contributed by atoms with Crippen LogP contribution >= 0.6 is 0 Å². The van der Waals surface area contributed by atoms with Gasteiger partial charge in [0.15, 0.2) is 0 Å². The number of nitrogens with zero attached hydrogens (tertiary/aromatic N) is 1. The maximum Gasteiger partial charge on any atom is 0.322 e. The third kappa shape index (κ3) is 3.81. The first-order valence-electron chi connectivity index (χ1n) is 7.32. The normalized spacial score (nSPS) is 18.7. The molecule has 1 aliphatic heterocycles. The van der Waals surface area contributed by atoms with E-state index >= 15 is 0 Å². The summed E-state index contributed by atoms with van der Waals surface area (Å²) in [5, 5.41) is 3.29. The lowest BCUT2D eigenvalue weighted by molar-refractivity contribution is -0.142. The van der Waals surface area contributed by atoms with E-state index in [1.54, 1.807) is 0 Å². The first-order valence-corrected chi connectivity index (χ1v) is 7.32. The summed E-state index contributed by atoms with van der Waals surface area (Å²) < 4.78 is 4.76. The SMILES string of the molecule is COC(=O)C(C)NCC(c1ccccc1)N1CCCC1. The van der Waals surface area contributed by atoms with Crippen LogP contribution < -0.4 is 5.32 Å². The summed E-state index contributed by atoms with van der Waals surface area (Å²) in [6.45, 7) is 4.87. The van der Waals surface area contributed by atoms with E-state index in [9.17, 15) is 4.79 Å². The molecule has 4 heteroatoms. The number of carbonyl (C=O) groups is 1. The number of likely N-dealkylation sites (tertiary alicyclic amines) is 1. The number of esters is 1. The third-order valence-electron chi connectivity index (χ3n) is 3.94. The standard InChI is InChI=1S/C16H24N2O2/c1-13(16(19)20-2)17-12-15(18-10-6-7-11-18)14-8-4-3-5-9-14/h3-5,8-9,13,15,17H,6-7,10-12H2,1-2H3. The molecule has 1 fully saturated rings. The zero-order valence-electron chi connectivity index (χ0n) is 12.3. The fourth-order valence-electron chi connectivity index (χ4n) is 2.73. The van der Waals surface area contributed by atoms with Crippen molar-refractivity contribution in [3.8, 4) is 0 Å². The Kier molecular flexibility index (Phi) is 5.56. The number of carbonyl (C=O) groups excluding carboxylic acids is 1. The topological polar surface area (TPSA) is 41.6 Å².